The number of carbonyl (C=O) groups is 3. The van der Waals surface area contributed by atoms with E-state index in [4.69, 9.17) is 4.74 Å². The molecule has 2 aliphatic heterocycles. The first-order valence-electron chi connectivity index (χ1n) is 10.7. The van der Waals surface area contributed by atoms with E-state index in [1.165, 1.54) is 11.3 Å². The summed E-state index contributed by atoms with van der Waals surface area (Å²) in [6.07, 6.45) is 7.75. The number of amides is 2. The molecule has 29 heavy (non-hydrogen) atoms. The highest BCUT2D eigenvalue weighted by atomic mass is 32.1. The van der Waals surface area contributed by atoms with Gasteiger partial charge in [0.15, 0.2) is 0 Å². The van der Waals surface area contributed by atoms with E-state index in [2.05, 4.69) is 10.6 Å². The molecule has 4 aliphatic rings. The number of hydrogen-bond acceptors (Lipinski definition) is 5. The van der Waals surface area contributed by atoms with Crippen LogP contribution in [0.15, 0.2) is 0 Å². The fourth-order valence-electron chi connectivity index (χ4n) is 5.58. The molecule has 1 aromatic rings. The first-order valence-corrected chi connectivity index (χ1v) is 11.5. The van der Waals surface area contributed by atoms with Crippen LogP contribution < -0.4 is 10.6 Å². The third-order valence-corrected chi connectivity index (χ3v) is 8.14. The van der Waals surface area contributed by atoms with E-state index in [9.17, 15) is 19.5 Å². The van der Waals surface area contributed by atoms with Gasteiger partial charge in [-0.3, -0.25) is 14.4 Å². The Morgan fingerprint density at radius 2 is 1.69 bits per heavy atom. The molecule has 7 nitrogen and oxygen atoms in total. The maximum absolute atomic E-state index is 13.1. The van der Waals surface area contributed by atoms with E-state index in [1.807, 2.05) is 0 Å². The SMILES string of the molecule is O=C(NC1CCCC1)c1c(NC(=O)[C@@H]2[C@H](C(=O)O)[C@H]3CC[C@H]2O3)sc2c1CCC2. The fraction of sp³-hybridized carbons (Fsp3) is 0.667. The third kappa shape index (κ3) is 3.26. The minimum atomic E-state index is -0.981. The Labute approximate surface area is 173 Å². The van der Waals surface area contributed by atoms with Gasteiger partial charge >= 0.3 is 5.97 Å². The van der Waals surface area contributed by atoms with Gasteiger partial charge in [0.05, 0.1) is 29.6 Å². The van der Waals surface area contributed by atoms with Crippen molar-refractivity contribution in [2.24, 2.45) is 11.8 Å². The maximum Gasteiger partial charge on any atom is 0.310 e. The van der Waals surface area contributed by atoms with Crippen LogP contribution in [0, 0.1) is 11.8 Å². The lowest BCUT2D eigenvalue weighted by molar-refractivity contribution is -0.147. The molecule has 2 aliphatic carbocycles. The molecule has 3 N–H and O–H groups in total. The second-order valence-corrected chi connectivity index (χ2v) is 9.79. The van der Waals surface area contributed by atoms with Crippen LogP contribution in [0.3, 0.4) is 0 Å². The Morgan fingerprint density at radius 3 is 2.41 bits per heavy atom. The summed E-state index contributed by atoms with van der Waals surface area (Å²) in [6, 6.07) is 0.207. The summed E-state index contributed by atoms with van der Waals surface area (Å²) in [5.41, 5.74) is 1.65. The first kappa shape index (κ1) is 19.1. The van der Waals surface area contributed by atoms with Gasteiger partial charge in [-0.1, -0.05) is 12.8 Å². The standard InChI is InChI=1S/C21H26N2O5S/c24-18(22-10-4-1-2-5-10)15-11-6-3-7-14(11)29-20(15)23-19(25)16-12-8-9-13(28-12)17(16)21(26)27/h10,12-13,16-17H,1-9H2,(H,22,24)(H,23,25)(H,26,27)/t12-,13-,16+,17-/m1/s1. The van der Waals surface area contributed by atoms with Gasteiger partial charge in [-0.25, -0.2) is 0 Å². The molecule has 156 valence electrons. The third-order valence-electron chi connectivity index (χ3n) is 6.94. The van der Waals surface area contributed by atoms with E-state index in [-0.39, 0.29) is 30.1 Å². The lowest BCUT2D eigenvalue weighted by Crippen LogP contribution is -2.41. The molecular formula is C21H26N2O5S. The van der Waals surface area contributed by atoms with Crippen molar-refractivity contribution in [1.29, 1.82) is 0 Å². The topological polar surface area (TPSA) is 105 Å². The summed E-state index contributed by atoms with van der Waals surface area (Å²) < 4.78 is 5.73. The van der Waals surface area contributed by atoms with Gasteiger partial charge in [-0.15, -0.1) is 11.3 Å². The van der Waals surface area contributed by atoms with Crippen LogP contribution in [-0.2, 0) is 27.2 Å². The highest BCUT2D eigenvalue weighted by Crippen LogP contribution is 2.45. The van der Waals surface area contributed by atoms with E-state index in [0.29, 0.717) is 23.4 Å². The highest BCUT2D eigenvalue weighted by Gasteiger charge is 2.55. The van der Waals surface area contributed by atoms with Gasteiger partial charge in [-0.05, 0) is 50.5 Å². The number of ether oxygens (including phenoxy) is 1. The summed E-state index contributed by atoms with van der Waals surface area (Å²) in [7, 11) is 0. The van der Waals surface area contributed by atoms with Crippen molar-refractivity contribution >= 4 is 34.1 Å². The van der Waals surface area contributed by atoms with Crippen LogP contribution in [0.2, 0.25) is 0 Å². The summed E-state index contributed by atoms with van der Waals surface area (Å²) in [5.74, 6) is -2.93. The predicted octanol–water partition coefficient (Wildman–Crippen LogP) is 2.73. The van der Waals surface area contributed by atoms with E-state index in [0.717, 1.165) is 55.4 Å². The van der Waals surface area contributed by atoms with Crippen molar-refractivity contribution in [3.05, 3.63) is 16.0 Å². The average molecular weight is 419 g/mol. The van der Waals surface area contributed by atoms with Crippen LogP contribution in [0.5, 0.6) is 0 Å². The molecule has 5 rings (SSSR count). The van der Waals surface area contributed by atoms with E-state index in [1.54, 1.807) is 0 Å². The number of fused-ring (bicyclic) bond motifs is 3. The van der Waals surface area contributed by atoms with Crippen LogP contribution >= 0.6 is 11.3 Å². The smallest absolute Gasteiger partial charge is 0.310 e. The molecule has 0 aromatic carbocycles. The first-order chi connectivity index (χ1) is 14.0. The predicted molar refractivity (Wildman–Crippen MR) is 107 cm³/mol. The zero-order chi connectivity index (χ0) is 20.1. The van der Waals surface area contributed by atoms with Gasteiger partial charge in [-0.2, -0.15) is 0 Å². The van der Waals surface area contributed by atoms with E-state index < -0.39 is 17.8 Å². The van der Waals surface area contributed by atoms with Crippen LogP contribution in [0.1, 0.15) is 65.7 Å². The number of carbonyl (C=O) groups excluding carboxylic acids is 2. The second kappa shape index (κ2) is 7.40. The number of rotatable bonds is 5. The van der Waals surface area contributed by atoms with Gasteiger partial charge in [0.25, 0.3) is 5.91 Å². The summed E-state index contributed by atoms with van der Waals surface area (Å²) in [5, 5.41) is 16.2. The van der Waals surface area contributed by atoms with Gasteiger partial charge in [0.2, 0.25) is 5.91 Å². The largest absolute Gasteiger partial charge is 0.481 e. The molecule has 2 amide bonds. The summed E-state index contributed by atoms with van der Waals surface area (Å²) in [4.78, 5) is 39.0. The molecule has 8 heteroatoms. The molecule has 0 spiro atoms. The Hall–Kier alpha value is -1.93. The zero-order valence-corrected chi connectivity index (χ0v) is 17.1. The maximum atomic E-state index is 13.1. The fourth-order valence-corrected chi connectivity index (χ4v) is 6.87. The van der Waals surface area contributed by atoms with Crippen LogP contribution in [0.25, 0.3) is 0 Å². The average Bonchev–Trinajstić information content (AvgIpc) is 3.46. The number of anilines is 1. The highest BCUT2D eigenvalue weighted by molar-refractivity contribution is 7.17. The quantitative estimate of drug-likeness (QED) is 0.682. The van der Waals surface area contributed by atoms with Crippen molar-refractivity contribution in [3.8, 4) is 0 Å². The Bertz CT molecular complexity index is 859. The van der Waals surface area contributed by atoms with Crippen LogP contribution in [-0.4, -0.2) is 41.1 Å². The zero-order valence-electron chi connectivity index (χ0n) is 16.2. The lowest BCUT2D eigenvalue weighted by Gasteiger charge is -2.24. The van der Waals surface area contributed by atoms with Gasteiger partial charge in [0.1, 0.15) is 5.00 Å². The Kier molecular flexibility index (Phi) is 4.86. The van der Waals surface area contributed by atoms with Gasteiger partial charge < -0.3 is 20.5 Å². The van der Waals surface area contributed by atoms with Crippen molar-refractivity contribution < 1.29 is 24.2 Å². The molecule has 4 atom stereocenters. The Morgan fingerprint density at radius 1 is 0.966 bits per heavy atom. The molecular weight excluding hydrogens is 392 g/mol. The van der Waals surface area contributed by atoms with Crippen LogP contribution in [0.4, 0.5) is 5.00 Å². The number of carboxylic acids is 1. The molecule has 3 fully saturated rings. The normalized spacial score (nSPS) is 30.5. The minimum absolute atomic E-state index is 0.106. The van der Waals surface area contributed by atoms with Crippen molar-refractivity contribution in [1.82, 2.24) is 5.32 Å². The molecule has 0 radical (unpaired) electrons. The lowest BCUT2D eigenvalue weighted by atomic mass is 9.79. The molecule has 2 bridgehead atoms. The molecule has 3 heterocycles. The molecule has 0 unspecified atom stereocenters. The van der Waals surface area contributed by atoms with Crippen molar-refractivity contribution in [2.75, 3.05) is 5.32 Å². The number of thiophene rings is 1. The van der Waals surface area contributed by atoms with Crippen molar-refractivity contribution in [2.45, 2.75) is 76.0 Å². The second-order valence-electron chi connectivity index (χ2n) is 8.69. The minimum Gasteiger partial charge on any atom is -0.481 e. The van der Waals surface area contributed by atoms with Gasteiger partial charge in [0, 0.05) is 10.9 Å². The Balaban J connectivity index is 1.39. The number of aliphatic carboxylic acids is 1. The summed E-state index contributed by atoms with van der Waals surface area (Å²) >= 11 is 1.47. The monoisotopic (exact) mass is 418 g/mol. The van der Waals surface area contributed by atoms with E-state index >= 15 is 0 Å². The van der Waals surface area contributed by atoms with Crippen molar-refractivity contribution in [3.63, 3.8) is 0 Å². The number of aryl methyl sites for hydroxylation is 1. The number of hydrogen-bond donors (Lipinski definition) is 3. The number of nitrogens with one attached hydrogen (secondary N) is 2. The molecule has 1 saturated carbocycles. The molecule has 1 aromatic heterocycles. The summed E-state index contributed by atoms with van der Waals surface area (Å²) in [6.45, 7) is 0. The number of carboxylic acid groups (broad SMARTS) is 1. The molecule has 2 saturated heterocycles.